The molecular formula is C19H19ClN2O2. The van der Waals surface area contributed by atoms with E-state index in [4.69, 9.17) is 16.4 Å². The van der Waals surface area contributed by atoms with Crippen LogP contribution in [0, 0.1) is 0 Å². The van der Waals surface area contributed by atoms with E-state index in [1.54, 1.807) is 11.9 Å². The van der Waals surface area contributed by atoms with Crippen LogP contribution in [0.2, 0.25) is 5.02 Å². The van der Waals surface area contributed by atoms with E-state index in [-0.39, 0.29) is 18.1 Å². The minimum atomic E-state index is -0.190. The van der Waals surface area contributed by atoms with Crippen molar-refractivity contribution in [2.24, 2.45) is 5.16 Å². The predicted octanol–water partition coefficient (Wildman–Crippen LogP) is 4.38. The zero-order chi connectivity index (χ0) is 17.1. The zero-order valence-corrected chi connectivity index (χ0v) is 14.4. The number of oxime groups is 1. The van der Waals surface area contributed by atoms with Gasteiger partial charge in [-0.05, 0) is 30.2 Å². The van der Waals surface area contributed by atoms with Gasteiger partial charge in [0.25, 0.3) is 5.91 Å². The van der Waals surface area contributed by atoms with Crippen LogP contribution in [-0.2, 0) is 9.63 Å². The Bertz CT molecular complexity index is 744. The normalized spacial score (nSPS) is 17.8. The van der Waals surface area contributed by atoms with Gasteiger partial charge in [0.1, 0.15) is 5.71 Å². The lowest BCUT2D eigenvalue weighted by Crippen LogP contribution is -2.34. The summed E-state index contributed by atoms with van der Waals surface area (Å²) in [5, 5.41) is 4.69. The quantitative estimate of drug-likeness (QED) is 0.827. The van der Waals surface area contributed by atoms with Gasteiger partial charge in [0.05, 0.1) is 6.04 Å². The van der Waals surface area contributed by atoms with E-state index >= 15 is 0 Å². The van der Waals surface area contributed by atoms with E-state index < -0.39 is 0 Å². The number of rotatable bonds is 4. The molecule has 1 aliphatic rings. The fraction of sp³-hybridized carbons (Fsp3) is 0.263. The highest BCUT2D eigenvalue weighted by atomic mass is 35.5. The van der Waals surface area contributed by atoms with Gasteiger partial charge in [0.2, 0.25) is 0 Å². The third-order valence-corrected chi connectivity index (χ3v) is 4.59. The average molecular weight is 343 g/mol. The fourth-order valence-corrected chi connectivity index (χ4v) is 2.82. The molecule has 1 heterocycles. The molecule has 5 heteroatoms. The molecule has 2 atom stereocenters. The predicted molar refractivity (Wildman–Crippen MR) is 95.0 cm³/mol. The Morgan fingerprint density at radius 2 is 1.88 bits per heavy atom. The second-order valence-corrected chi connectivity index (χ2v) is 6.33. The molecule has 4 nitrogen and oxygen atoms in total. The molecule has 24 heavy (non-hydrogen) atoms. The molecule has 2 aromatic rings. The number of benzene rings is 2. The van der Waals surface area contributed by atoms with Gasteiger partial charge >= 0.3 is 0 Å². The summed E-state index contributed by atoms with van der Waals surface area (Å²) in [6.45, 7) is 1.98. The molecule has 0 saturated carbocycles. The van der Waals surface area contributed by atoms with Crippen molar-refractivity contribution in [3.8, 4) is 0 Å². The van der Waals surface area contributed by atoms with Gasteiger partial charge in [-0.1, -0.05) is 59.2 Å². The number of hydrogen-bond acceptors (Lipinski definition) is 3. The molecule has 3 rings (SSSR count). The SMILES string of the molecule is C[C@@H](c1ccc(Cl)cc1)N(C)C(=O)C1=NO[C@H](c2ccccc2)C1. The Morgan fingerprint density at radius 3 is 2.54 bits per heavy atom. The maximum absolute atomic E-state index is 12.7. The number of carbonyl (C=O) groups excluding carboxylic acids is 1. The molecule has 0 aliphatic carbocycles. The van der Waals surface area contributed by atoms with Crippen LogP contribution >= 0.6 is 11.6 Å². The Kier molecular flexibility index (Phi) is 4.86. The number of amides is 1. The van der Waals surface area contributed by atoms with E-state index in [0.717, 1.165) is 11.1 Å². The first kappa shape index (κ1) is 16.5. The first-order valence-corrected chi connectivity index (χ1v) is 8.24. The topological polar surface area (TPSA) is 41.9 Å². The number of halogens is 1. The van der Waals surface area contributed by atoms with Crippen LogP contribution in [-0.4, -0.2) is 23.6 Å². The van der Waals surface area contributed by atoms with Crippen LogP contribution in [0.15, 0.2) is 59.8 Å². The molecule has 0 radical (unpaired) electrons. The molecule has 0 unspecified atom stereocenters. The third kappa shape index (κ3) is 3.44. The van der Waals surface area contributed by atoms with Crippen molar-refractivity contribution >= 4 is 23.2 Å². The lowest BCUT2D eigenvalue weighted by Gasteiger charge is -2.25. The lowest BCUT2D eigenvalue weighted by molar-refractivity contribution is -0.124. The monoisotopic (exact) mass is 342 g/mol. The van der Waals surface area contributed by atoms with Gasteiger partial charge in [0.15, 0.2) is 6.10 Å². The highest BCUT2D eigenvalue weighted by Crippen LogP contribution is 2.29. The van der Waals surface area contributed by atoms with Crippen molar-refractivity contribution in [2.45, 2.75) is 25.5 Å². The molecule has 1 amide bonds. The summed E-state index contributed by atoms with van der Waals surface area (Å²) in [5.41, 5.74) is 2.50. The Hall–Kier alpha value is -2.33. The van der Waals surface area contributed by atoms with E-state index in [1.165, 1.54) is 0 Å². The van der Waals surface area contributed by atoms with Crippen LogP contribution in [0.25, 0.3) is 0 Å². The van der Waals surface area contributed by atoms with Crippen molar-refractivity contribution in [3.05, 3.63) is 70.7 Å². The molecular weight excluding hydrogens is 324 g/mol. The molecule has 0 aromatic heterocycles. The first-order valence-electron chi connectivity index (χ1n) is 7.86. The van der Waals surface area contributed by atoms with Gasteiger partial charge < -0.3 is 9.74 Å². The Balaban J connectivity index is 1.67. The van der Waals surface area contributed by atoms with Crippen LogP contribution in [0.1, 0.15) is 36.6 Å². The minimum absolute atomic E-state index is 0.0757. The van der Waals surface area contributed by atoms with E-state index in [9.17, 15) is 4.79 Å². The number of hydrogen-bond donors (Lipinski definition) is 0. The molecule has 0 fully saturated rings. The number of nitrogens with zero attached hydrogens (tertiary/aromatic N) is 2. The van der Waals surface area contributed by atoms with Crippen molar-refractivity contribution in [1.82, 2.24) is 4.90 Å². The summed E-state index contributed by atoms with van der Waals surface area (Å²) in [6, 6.07) is 17.2. The second kappa shape index (κ2) is 7.05. The van der Waals surface area contributed by atoms with Crippen molar-refractivity contribution < 1.29 is 9.63 Å². The first-order chi connectivity index (χ1) is 11.6. The van der Waals surface area contributed by atoms with Gasteiger partial charge in [-0.15, -0.1) is 0 Å². The summed E-state index contributed by atoms with van der Waals surface area (Å²) in [4.78, 5) is 19.8. The summed E-state index contributed by atoms with van der Waals surface area (Å²) in [5.74, 6) is -0.115. The summed E-state index contributed by atoms with van der Waals surface area (Å²) < 4.78 is 0. The van der Waals surface area contributed by atoms with Gasteiger partial charge in [-0.2, -0.15) is 0 Å². The maximum Gasteiger partial charge on any atom is 0.272 e. The largest absolute Gasteiger partial charge is 0.387 e. The maximum atomic E-state index is 12.7. The van der Waals surface area contributed by atoms with Crippen molar-refractivity contribution in [2.75, 3.05) is 7.05 Å². The molecule has 124 valence electrons. The third-order valence-electron chi connectivity index (χ3n) is 4.34. The minimum Gasteiger partial charge on any atom is -0.387 e. The molecule has 0 spiro atoms. The molecule has 0 saturated heterocycles. The lowest BCUT2D eigenvalue weighted by atomic mass is 10.0. The highest BCUT2D eigenvalue weighted by molar-refractivity contribution is 6.39. The zero-order valence-electron chi connectivity index (χ0n) is 13.6. The Labute approximate surface area is 146 Å². The van der Waals surface area contributed by atoms with Crippen LogP contribution in [0.5, 0.6) is 0 Å². The second-order valence-electron chi connectivity index (χ2n) is 5.89. The van der Waals surface area contributed by atoms with E-state index in [2.05, 4.69) is 5.16 Å². The van der Waals surface area contributed by atoms with Crippen LogP contribution in [0.3, 0.4) is 0 Å². The number of carbonyl (C=O) groups is 1. The smallest absolute Gasteiger partial charge is 0.272 e. The molecule has 0 N–H and O–H groups in total. The van der Waals surface area contributed by atoms with Gasteiger partial charge in [-0.3, -0.25) is 4.79 Å². The summed E-state index contributed by atoms with van der Waals surface area (Å²) >= 11 is 5.92. The van der Waals surface area contributed by atoms with E-state index in [1.807, 2.05) is 61.5 Å². The Morgan fingerprint density at radius 1 is 1.21 bits per heavy atom. The fourth-order valence-electron chi connectivity index (χ4n) is 2.69. The average Bonchev–Trinajstić information content (AvgIpc) is 3.11. The molecule has 2 aromatic carbocycles. The van der Waals surface area contributed by atoms with Crippen LogP contribution < -0.4 is 0 Å². The van der Waals surface area contributed by atoms with Gasteiger partial charge in [-0.25, -0.2) is 0 Å². The standard InChI is InChI=1S/C19H19ClN2O2/c1-13(14-8-10-16(20)11-9-14)22(2)19(23)17-12-18(24-21-17)15-6-4-3-5-7-15/h3-11,13,18H,12H2,1-2H3/t13-,18-/m0/s1. The molecule has 0 bridgehead atoms. The van der Waals surface area contributed by atoms with Gasteiger partial charge in [0, 0.05) is 18.5 Å². The highest BCUT2D eigenvalue weighted by Gasteiger charge is 2.30. The van der Waals surface area contributed by atoms with Crippen LogP contribution in [0.4, 0.5) is 0 Å². The van der Waals surface area contributed by atoms with Crippen molar-refractivity contribution in [3.63, 3.8) is 0 Å². The van der Waals surface area contributed by atoms with Crippen molar-refractivity contribution in [1.29, 1.82) is 0 Å². The summed E-state index contributed by atoms with van der Waals surface area (Å²) in [7, 11) is 1.78. The summed E-state index contributed by atoms with van der Waals surface area (Å²) in [6.07, 6.45) is 0.296. The molecule has 1 aliphatic heterocycles. The van der Waals surface area contributed by atoms with E-state index in [0.29, 0.717) is 17.2 Å².